The quantitative estimate of drug-likeness (QED) is 0.690. The van der Waals surface area contributed by atoms with Gasteiger partial charge in [0.05, 0.1) is 0 Å². The van der Waals surface area contributed by atoms with Crippen molar-refractivity contribution in [2.45, 2.75) is 19.8 Å². The number of aromatic hydroxyl groups is 1. The third-order valence-corrected chi connectivity index (χ3v) is 1.71. The van der Waals surface area contributed by atoms with Gasteiger partial charge >= 0.3 is 0 Å². The minimum absolute atomic E-state index is 0.0506. The summed E-state index contributed by atoms with van der Waals surface area (Å²) in [5, 5.41) is 8.76. The zero-order valence-corrected chi connectivity index (χ0v) is 6.94. The highest BCUT2D eigenvalue weighted by molar-refractivity contribution is 5.31. The van der Waals surface area contributed by atoms with E-state index in [0.717, 1.165) is 12.1 Å². The summed E-state index contributed by atoms with van der Waals surface area (Å²) in [6.07, 6.45) is 0. The Labute approximate surface area is 69.7 Å². The molecule has 0 fully saturated rings. The van der Waals surface area contributed by atoms with Crippen LogP contribution in [0.3, 0.4) is 0 Å². The van der Waals surface area contributed by atoms with Gasteiger partial charge in [0, 0.05) is 0 Å². The fraction of sp³-hybridized carbons (Fsp3) is 0.333. The van der Waals surface area contributed by atoms with Crippen LogP contribution in [0.1, 0.15) is 25.3 Å². The van der Waals surface area contributed by atoms with E-state index in [1.807, 2.05) is 13.8 Å². The van der Waals surface area contributed by atoms with Crippen molar-refractivity contribution < 1.29 is 13.9 Å². The molecule has 1 N–H and O–H groups in total. The Kier molecular flexibility index (Phi) is 2.31. The molecule has 0 aliphatic heterocycles. The Morgan fingerprint density at radius 3 is 1.92 bits per heavy atom. The van der Waals surface area contributed by atoms with Crippen molar-refractivity contribution in [3.63, 3.8) is 0 Å². The third kappa shape index (κ3) is 1.55. The van der Waals surface area contributed by atoms with Gasteiger partial charge in [-0.3, -0.25) is 0 Å². The van der Waals surface area contributed by atoms with Crippen LogP contribution < -0.4 is 0 Å². The SMILES string of the molecule is CC(C)c1cc(F)c(O)c(F)c1. The lowest BCUT2D eigenvalue weighted by Crippen LogP contribution is -1.91. The molecule has 0 atom stereocenters. The first kappa shape index (κ1) is 8.97. The van der Waals surface area contributed by atoms with Gasteiger partial charge in [-0.15, -0.1) is 0 Å². The van der Waals surface area contributed by atoms with Crippen LogP contribution in [0.15, 0.2) is 12.1 Å². The molecular weight excluding hydrogens is 162 g/mol. The maximum Gasteiger partial charge on any atom is 0.187 e. The van der Waals surface area contributed by atoms with Crippen molar-refractivity contribution in [2.24, 2.45) is 0 Å². The molecule has 66 valence electrons. The molecule has 0 aliphatic rings. The van der Waals surface area contributed by atoms with E-state index in [9.17, 15) is 8.78 Å². The molecule has 1 aromatic rings. The second kappa shape index (κ2) is 3.09. The maximum atomic E-state index is 12.7. The lowest BCUT2D eigenvalue weighted by atomic mass is 10.0. The molecule has 3 heteroatoms. The van der Waals surface area contributed by atoms with E-state index in [2.05, 4.69) is 0 Å². The molecule has 1 rings (SSSR count). The molecule has 0 aliphatic carbocycles. The third-order valence-electron chi connectivity index (χ3n) is 1.71. The van der Waals surface area contributed by atoms with Crippen LogP contribution >= 0.6 is 0 Å². The Hall–Kier alpha value is -1.12. The first-order valence-electron chi connectivity index (χ1n) is 3.70. The van der Waals surface area contributed by atoms with Gasteiger partial charge in [0.1, 0.15) is 0 Å². The number of phenols is 1. The first-order chi connectivity index (χ1) is 5.52. The van der Waals surface area contributed by atoms with E-state index >= 15 is 0 Å². The molecule has 0 heterocycles. The molecule has 1 nitrogen and oxygen atoms in total. The van der Waals surface area contributed by atoms with E-state index in [1.54, 1.807) is 0 Å². The van der Waals surface area contributed by atoms with Gasteiger partial charge < -0.3 is 5.11 Å². The normalized spacial score (nSPS) is 10.8. The summed E-state index contributed by atoms with van der Waals surface area (Å²) in [7, 11) is 0. The lowest BCUT2D eigenvalue weighted by molar-refractivity contribution is 0.395. The monoisotopic (exact) mass is 172 g/mol. The number of rotatable bonds is 1. The van der Waals surface area contributed by atoms with Crippen LogP contribution in [0.2, 0.25) is 0 Å². The van der Waals surface area contributed by atoms with E-state index in [1.165, 1.54) is 0 Å². The van der Waals surface area contributed by atoms with E-state index in [-0.39, 0.29) is 5.92 Å². The van der Waals surface area contributed by atoms with Crippen molar-refractivity contribution >= 4 is 0 Å². The molecule has 0 radical (unpaired) electrons. The van der Waals surface area contributed by atoms with Crippen LogP contribution in [-0.4, -0.2) is 5.11 Å². The van der Waals surface area contributed by atoms with Gasteiger partial charge in [-0.25, -0.2) is 8.78 Å². The predicted molar refractivity (Wildman–Crippen MR) is 42.1 cm³/mol. The van der Waals surface area contributed by atoms with E-state index < -0.39 is 17.4 Å². The van der Waals surface area contributed by atoms with Gasteiger partial charge in [-0.05, 0) is 23.6 Å². The number of halogens is 2. The maximum absolute atomic E-state index is 12.7. The van der Waals surface area contributed by atoms with Gasteiger partial charge in [-0.2, -0.15) is 0 Å². The van der Waals surface area contributed by atoms with Gasteiger partial charge in [0.25, 0.3) is 0 Å². The largest absolute Gasteiger partial charge is 0.503 e. The fourth-order valence-electron chi connectivity index (χ4n) is 0.918. The predicted octanol–water partition coefficient (Wildman–Crippen LogP) is 2.79. The van der Waals surface area contributed by atoms with Gasteiger partial charge in [0.15, 0.2) is 17.4 Å². The first-order valence-corrected chi connectivity index (χ1v) is 3.70. The molecule has 1 aromatic carbocycles. The van der Waals surface area contributed by atoms with Crippen molar-refractivity contribution in [3.05, 3.63) is 29.3 Å². The second-order valence-corrected chi connectivity index (χ2v) is 2.99. The number of hydrogen-bond donors (Lipinski definition) is 1. The fourth-order valence-corrected chi connectivity index (χ4v) is 0.918. The number of benzene rings is 1. The Morgan fingerprint density at radius 1 is 1.17 bits per heavy atom. The van der Waals surface area contributed by atoms with Crippen LogP contribution in [-0.2, 0) is 0 Å². The number of hydrogen-bond acceptors (Lipinski definition) is 1. The topological polar surface area (TPSA) is 20.2 Å². The summed E-state index contributed by atoms with van der Waals surface area (Å²) >= 11 is 0. The standard InChI is InChI=1S/C9H10F2O/c1-5(2)6-3-7(10)9(12)8(11)4-6/h3-5,12H,1-2H3. The summed E-state index contributed by atoms with van der Waals surface area (Å²) in [6, 6.07) is 2.28. The van der Waals surface area contributed by atoms with Crippen molar-refractivity contribution in [1.29, 1.82) is 0 Å². The van der Waals surface area contributed by atoms with Crippen molar-refractivity contribution in [1.82, 2.24) is 0 Å². The summed E-state index contributed by atoms with van der Waals surface area (Å²) in [4.78, 5) is 0. The van der Waals surface area contributed by atoms with E-state index in [4.69, 9.17) is 5.11 Å². The smallest absolute Gasteiger partial charge is 0.187 e. The summed E-state index contributed by atoms with van der Waals surface area (Å²) in [6.45, 7) is 3.65. The van der Waals surface area contributed by atoms with Crippen molar-refractivity contribution in [3.8, 4) is 5.75 Å². The highest BCUT2D eigenvalue weighted by Gasteiger charge is 2.10. The molecule has 0 bridgehead atoms. The zero-order chi connectivity index (χ0) is 9.30. The Morgan fingerprint density at radius 2 is 1.58 bits per heavy atom. The van der Waals surface area contributed by atoms with E-state index in [0.29, 0.717) is 5.56 Å². The zero-order valence-electron chi connectivity index (χ0n) is 6.94. The molecular formula is C9H10F2O. The van der Waals surface area contributed by atoms with Crippen LogP contribution in [0, 0.1) is 11.6 Å². The van der Waals surface area contributed by atoms with Crippen LogP contribution in [0.5, 0.6) is 5.75 Å². The summed E-state index contributed by atoms with van der Waals surface area (Å²) in [5.74, 6) is -2.66. The molecule has 0 saturated carbocycles. The van der Waals surface area contributed by atoms with Crippen LogP contribution in [0.25, 0.3) is 0 Å². The molecule has 0 amide bonds. The summed E-state index contributed by atoms with van der Waals surface area (Å²) in [5.41, 5.74) is 0.544. The van der Waals surface area contributed by atoms with Gasteiger partial charge in [0.2, 0.25) is 0 Å². The molecule has 0 saturated heterocycles. The number of phenolic OH excluding ortho intramolecular Hbond substituents is 1. The second-order valence-electron chi connectivity index (χ2n) is 2.99. The Balaban J connectivity index is 3.21. The summed E-state index contributed by atoms with van der Waals surface area (Å²) < 4.78 is 25.4. The minimum atomic E-state index is -0.904. The average molecular weight is 172 g/mol. The van der Waals surface area contributed by atoms with Crippen molar-refractivity contribution in [2.75, 3.05) is 0 Å². The molecule has 0 unspecified atom stereocenters. The molecule has 0 aromatic heterocycles. The molecule has 12 heavy (non-hydrogen) atoms. The highest BCUT2D eigenvalue weighted by atomic mass is 19.1. The Bertz CT molecular complexity index is 272. The van der Waals surface area contributed by atoms with Gasteiger partial charge in [-0.1, -0.05) is 13.8 Å². The van der Waals surface area contributed by atoms with Crippen LogP contribution in [0.4, 0.5) is 8.78 Å². The lowest BCUT2D eigenvalue weighted by Gasteiger charge is -2.06. The molecule has 0 spiro atoms. The highest BCUT2D eigenvalue weighted by Crippen LogP contribution is 2.25. The average Bonchev–Trinajstić information content (AvgIpc) is 1.99. The minimum Gasteiger partial charge on any atom is -0.503 e.